The SMILES string of the molecule is CCCN(CC1CCCCN1)C(=O)N(CC)CC. The van der Waals surface area contributed by atoms with Crippen LogP contribution in [0.15, 0.2) is 0 Å². The van der Waals surface area contributed by atoms with Crippen LogP contribution in [0.1, 0.15) is 46.5 Å². The van der Waals surface area contributed by atoms with Gasteiger partial charge in [-0.1, -0.05) is 13.3 Å². The van der Waals surface area contributed by atoms with Crippen molar-refractivity contribution in [1.29, 1.82) is 0 Å². The van der Waals surface area contributed by atoms with E-state index >= 15 is 0 Å². The molecule has 0 aliphatic carbocycles. The van der Waals surface area contributed by atoms with Gasteiger partial charge in [-0.2, -0.15) is 0 Å². The molecule has 4 heteroatoms. The lowest BCUT2D eigenvalue weighted by atomic mass is 10.0. The average Bonchev–Trinajstić information content (AvgIpc) is 2.40. The van der Waals surface area contributed by atoms with Crippen molar-refractivity contribution >= 4 is 6.03 Å². The predicted octanol–water partition coefficient (Wildman–Crippen LogP) is 2.30. The molecule has 2 amide bonds. The minimum atomic E-state index is 0.203. The first-order valence-corrected chi connectivity index (χ1v) is 7.50. The van der Waals surface area contributed by atoms with Crippen LogP contribution in [0.25, 0.3) is 0 Å². The highest BCUT2D eigenvalue weighted by atomic mass is 16.2. The van der Waals surface area contributed by atoms with Gasteiger partial charge in [-0.05, 0) is 39.7 Å². The van der Waals surface area contributed by atoms with Crippen molar-refractivity contribution in [2.24, 2.45) is 0 Å². The molecule has 0 spiro atoms. The van der Waals surface area contributed by atoms with Gasteiger partial charge in [0, 0.05) is 32.2 Å². The van der Waals surface area contributed by atoms with Gasteiger partial charge in [-0.25, -0.2) is 4.79 Å². The number of hydrogen-bond donors (Lipinski definition) is 1. The van der Waals surface area contributed by atoms with Gasteiger partial charge in [-0.15, -0.1) is 0 Å². The molecule has 1 unspecified atom stereocenters. The summed E-state index contributed by atoms with van der Waals surface area (Å²) in [6.45, 7) is 10.7. The Balaban J connectivity index is 2.54. The van der Waals surface area contributed by atoms with Crippen LogP contribution in [0.4, 0.5) is 4.79 Å². The third-order valence-electron chi connectivity index (χ3n) is 3.65. The molecule has 0 radical (unpaired) electrons. The summed E-state index contributed by atoms with van der Waals surface area (Å²) >= 11 is 0. The van der Waals surface area contributed by atoms with Crippen LogP contribution in [0.3, 0.4) is 0 Å². The van der Waals surface area contributed by atoms with Crippen LogP contribution in [0, 0.1) is 0 Å². The lowest BCUT2D eigenvalue weighted by molar-refractivity contribution is 0.149. The fraction of sp³-hybridized carbons (Fsp3) is 0.929. The van der Waals surface area contributed by atoms with Gasteiger partial charge in [0.2, 0.25) is 0 Å². The molecule has 0 saturated carbocycles. The van der Waals surface area contributed by atoms with E-state index in [9.17, 15) is 4.79 Å². The number of carbonyl (C=O) groups is 1. The summed E-state index contributed by atoms with van der Waals surface area (Å²) in [5.74, 6) is 0. The predicted molar refractivity (Wildman–Crippen MR) is 75.8 cm³/mol. The van der Waals surface area contributed by atoms with Crippen LogP contribution < -0.4 is 5.32 Å². The molecule has 1 heterocycles. The van der Waals surface area contributed by atoms with Crippen molar-refractivity contribution in [1.82, 2.24) is 15.1 Å². The highest BCUT2D eigenvalue weighted by Crippen LogP contribution is 2.10. The fourth-order valence-corrected chi connectivity index (χ4v) is 2.57. The van der Waals surface area contributed by atoms with Crippen molar-refractivity contribution in [3.63, 3.8) is 0 Å². The average molecular weight is 255 g/mol. The van der Waals surface area contributed by atoms with Gasteiger partial charge < -0.3 is 15.1 Å². The third-order valence-corrected chi connectivity index (χ3v) is 3.65. The Bertz CT molecular complexity index is 235. The molecule has 1 rings (SSSR count). The molecule has 18 heavy (non-hydrogen) atoms. The van der Waals surface area contributed by atoms with E-state index in [-0.39, 0.29) is 6.03 Å². The number of hydrogen-bond acceptors (Lipinski definition) is 2. The van der Waals surface area contributed by atoms with Gasteiger partial charge in [-0.3, -0.25) is 0 Å². The summed E-state index contributed by atoms with van der Waals surface area (Å²) in [6.07, 6.45) is 4.79. The van der Waals surface area contributed by atoms with E-state index in [0.29, 0.717) is 6.04 Å². The highest BCUT2D eigenvalue weighted by molar-refractivity contribution is 5.74. The van der Waals surface area contributed by atoms with Crippen molar-refractivity contribution in [2.75, 3.05) is 32.7 Å². The maximum absolute atomic E-state index is 12.4. The third kappa shape index (κ3) is 4.48. The zero-order valence-corrected chi connectivity index (χ0v) is 12.2. The molecule has 0 aromatic rings. The van der Waals surface area contributed by atoms with E-state index in [1.165, 1.54) is 19.3 Å². The summed E-state index contributed by atoms with van der Waals surface area (Å²) in [7, 11) is 0. The molecular weight excluding hydrogens is 226 g/mol. The quantitative estimate of drug-likeness (QED) is 0.790. The highest BCUT2D eigenvalue weighted by Gasteiger charge is 2.22. The second kappa shape index (κ2) is 8.35. The number of nitrogens with zero attached hydrogens (tertiary/aromatic N) is 2. The van der Waals surface area contributed by atoms with E-state index in [0.717, 1.165) is 39.1 Å². The lowest BCUT2D eigenvalue weighted by Gasteiger charge is -2.33. The fourth-order valence-electron chi connectivity index (χ4n) is 2.57. The Morgan fingerprint density at radius 2 is 1.89 bits per heavy atom. The Hall–Kier alpha value is -0.770. The Morgan fingerprint density at radius 1 is 1.17 bits per heavy atom. The minimum absolute atomic E-state index is 0.203. The molecular formula is C14H29N3O. The van der Waals surface area contributed by atoms with Gasteiger partial charge in [0.1, 0.15) is 0 Å². The molecule has 1 N–H and O–H groups in total. The van der Waals surface area contributed by atoms with Crippen molar-refractivity contribution < 1.29 is 4.79 Å². The number of carbonyl (C=O) groups excluding carboxylic acids is 1. The molecule has 0 aromatic heterocycles. The zero-order chi connectivity index (χ0) is 13.4. The molecule has 1 atom stereocenters. The smallest absolute Gasteiger partial charge is 0.320 e. The van der Waals surface area contributed by atoms with Crippen molar-refractivity contribution in [3.8, 4) is 0 Å². The van der Waals surface area contributed by atoms with Crippen LogP contribution in [0.2, 0.25) is 0 Å². The first-order chi connectivity index (χ1) is 8.72. The maximum Gasteiger partial charge on any atom is 0.320 e. The van der Waals surface area contributed by atoms with Crippen molar-refractivity contribution in [3.05, 3.63) is 0 Å². The largest absolute Gasteiger partial charge is 0.325 e. The molecule has 1 saturated heterocycles. The first kappa shape index (κ1) is 15.3. The Kier molecular flexibility index (Phi) is 7.09. The van der Waals surface area contributed by atoms with Gasteiger partial charge in [0.25, 0.3) is 0 Å². The van der Waals surface area contributed by atoms with Crippen LogP contribution >= 0.6 is 0 Å². The second-order valence-corrected chi connectivity index (χ2v) is 5.05. The summed E-state index contributed by atoms with van der Waals surface area (Å²) in [5.41, 5.74) is 0. The molecule has 1 fully saturated rings. The summed E-state index contributed by atoms with van der Waals surface area (Å²) in [5, 5.41) is 3.53. The standard InChI is InChI=1S/C14H29N3O/c1-4-11-17(14(18)16(5-2)6-3)12-13-9-7-8-10-15-13/h13,15H,4-12H2,1-3H3. The number of piperidine rings is 1. The van der Waals surface area contributed by atoms with Crippen molar-refractivity contribution in [2.45, 2.75) is 52.5 Å². The normalized spacial score (nSPS) is 19.6. The summed E-state index contributed by atoms with van der Waals surface area (Å²) < 4.78 is 0. The van der Waals surface area contributed by atoms with E-state index in [4.69, 9.17) is 0 Å². The molecule has 0 aromatic carbocycles. The maximum atomic E-state index is 12.4. The second-order valence-electron chi connectivity index (χ2n) is 5.05. The lowest BCUT2D eigenvalue weighted by Crippen LogP contribution is -2.50. The van der Waals surface area contributed by atoms with Crippen LogP contribution in [0.5, 0.6) is 0 Å². The van der Waals surface area contributed by atoms with Gasteiger partial charge in [0.15, 0.2) is 0 Å². The molecule has 106 valence electrons. The Morgan fingerprint density at radius 3 is 2.39 bits per heavy atom. The summed E-state index contributed by atoms with van der Waals surface area (Å²) in [6, 6.07) is 0.694. The Labute approximate surface area is 112 Å². The summed E-state index contributed by atoms with van der Waals surface area (Å²) in [4.78, 5) is 16.3. The number of urea groups is 1. The topological polar surface area (TPSA) is 35.6 Å². The molecule has 0 bridgehead atoms. The van der Waals surface area contributed by atoms with E-state index < -0.39 is 0 Å². The van der Waals surface area contributed by atoms with E-state index in [1.54, 1.807) is 0 Å². The zero-order valence-electron chi connectivity index (χ0n) is 12.2. The number of nitrogens with one attached hydrogen (secondary N) is 1. The number of amides is 2. The van der Waals surface area contributed by atoms with Gasteiger partial charge in [0.05, 0.1) is 0 Å². The van der Waals surface area contributed by atoms with Gasteiger partial charge >= 0.3 is 6.03 Å². The van der Waals surface area contributed by atoms with Crippen LogP contribution in [-0.4, -0.2) is 54.6 Å². The minimum Gasteiger partial charge on any atom is -0.325 e. The monoisotopic (exact) mass is 255 g/mol. The van der Waals surface area contributed by atoms with E-state index in [2.05, 4.69) is 12.2 Å². The molecule has 1 aliphatic rings. The molecule has 4 nitrogen and oxygen atoms in total. The van der Waals surface area contributed by atoms with E-state index in [1.807, 2.05) is 23.6 Å². The number of rotatable bonds is 6. The first-order valence-electron chi connectivity index (χ1n) is 7.50. The van der Waals surface area contributed by atoms with Crippen LogP contribution in [-0.2, 0) is 0 Å². The molecule has 1 aliphatic heterocycles.